The Morgan fingerprint density at radius 2 is 1.70 bits per heavy atom. The van der Waals surface area contributed by atoms with Gasteiger partial charge < -0.3 is 9.64 Å². The molecule has 0 saturated carbocycles. The predicted molar refractivity (Wildman–Crippen MR) is 102 cm³/mol. The maximum Gasteiger partial charge on any atom is 0.337 e. The van der Waals surface area contributed by atoms with Crippen LogP contribution < -0.4 is 4.90 Å². The minimum Gasteiger partial charge on any atom is -0.465 e. The Bertz CT molecular complexity index is 828. The maximum atomic E-state index is 12.9. The summed E-state index contributed by atoms with van der Waals surface area (Å²) in [5.41, 5.74) is 1.27. The number of hydrogen-bond donors (Lipinski definition) is 0. The number of methoxy groups -OCH3 is 1. The number of amides is 1. The molecule has 0 N–H and O–H groups in total. The fourth-order valence-electron chi connectivity index (χ4n) is 2.52. The smallest absolute Gasteiger partial charge is 0.337 e. The fraction of sp³-hybridized carbons (Fsp3) is 0.200. The van der Waals surface area contributed by atoms with E-state index in [1.54, 1.807) is 35.2 Å². The van der Waals surface area contributed by atoms with Crippen LogP contribution in [-0.4, -0.2) is 30.5 Å². The lowest BCUT2D eigenvalue weighted by Gasteiger charge is -2.23. The Labute approximate surface area is 157 Å². The van der Waals surface area contributed by atoms with Crippen molar-refractivity contribution in [1.29, 1.82) is 0 Å². The van der Waals surface area contributed by atoms with Crippen LogP contribution in [0.3, 0.4) is 0 Å². The SMILES string of the molecule is C=CCCCN(C(=O)c1ccc([N+](=O)[O-])cc1)c1ccc(C(=O)OC)cc1. The fourth-order valence-corrected chi connectivity index (χ4v) is 2.52. The van der Waals surface area contributed by atoms with Gasteiger partial charge in [-0.05, 0) is 49.2 Å². The van der Waals surface area contributed by atoms with Gasteiger partial charge in [0.15, 0.2) is 0 Å². The third kappa shape index (κ3) is 5.01. The Hall–Kier alpha value is -3.48. The van der Waals surface area contributed by atoms with Crippen LogP contribution in [0.2, 0.25) is 0 Å². The summed E-state index contributed by atoms with van der Waals surface area (Å²) in [5.74, 6) is -0.735. The van der Waals surface area contributed by atoms with E-state index in [1.165, 1.54) is 31.4 Å². The number of nitrogens with zero attached hydrogens (tertiary/aromatic N) is 2. The van der Waals surface area contributed by atoms with Gasteiger partial charge in [-0.3, -0.25) is 14.9 Å². The Kier molecular flexibility index (Phi) is 6.82. The molecule has 140 valence electrons. The minimum atomic E-state index is -0.512. The third-order valence-electron chi connectivity index (χ3n) is 3.96. The van der Waals surface area contributed by atoms with Crippen molar-refractivity contribution in [1.82, 2.24) is 0 Å². The quantitative estimate of drug-likeness (QED) is 0.231. The van der Waals surface area contributed by atoms with Gasteiger partial charge >= 0.3 is 5.97 Å². The van der Waals surface area contributed by atoms with E-state index in [9.17, 15) is 19.7 Å². The van der Waals surface area contributed by atoms with Crippen LogP contribution in [-0.2, 0) is 4.74 Å². The number of ether oxygens (including phenoxy) is 1. The van der Waals surface area contributed by atoms with Crippen molar-refractivity contribution in [3.05, 3.63) is 82.4 Å². The lowest BCUT2D eigenvalue weighted by molar-refractivity contribution is -0.384. The van der Waals surface area contributed by atoms with Crippen LogP contribution in [0.25, 0.3) is 0 Å². The number of esters is 1. The summed E-state index contributed by atoms with van der Waals surface area (Å²) in [7, 11) is 1.30. The standard InChI is InChI=1S/C20H20N2O5/c1-3-4-5-14-21(17-10-8-16(9-11-17)20(24)27-2)19(23)15-6-12-18(13-7-15)22(25)26/h3,6-13H,1,4-5,14H2,2H3. The summed E-state index contributed by atoms with van der Waals surface area (Å²) in [6, 6.07) is 12.0. The van der Waals surface area contributed by atoms with Gasteiger partial charge in [0.2, 0.25) is 0 Å². The van der Waals surface area contributed by atoms with Crippen molar-refractivity contribution in [3.63, 3.8) is 0 Å². The summed E-state index contributed by atoms with van der Waals surface area (Å²) < 4.78 is 4.68. The molecule has 0 unspecified atom stereocenters. The summed E-state index contributed by atoms with van der Waals surface area (Å²) in [6.07, 6.45) is 3.22. The predicted octanol–water partition coefficient (Wildman–Crippen LogP) is 3.99. The number of rotatable bonds is 8. The number of unbranched alkanes of at least 4 members (excludes halogenated alkanes) is 1. The van der Waals surface area contributed by atoms with Crippen LogP contribution in [0.15, 0.2) is 61.2 Å². The van der Waals surface area contributed by atoms with Gasteiger partial charge in [0.05, 0.1) is 17.6 Å². The summed E-state index contributed by atoms with van der Waals surface area (Å²) in [6.45, 7) is 4.13. The minimum absolute atomic E-state index is 0.0767. The molecule has 0 fully saturated rings. The van der Waals surface area contributed by atoms with Crippen LogP contribution in [0.5, 0.6) is 0 Å². The van der Waals surface area contributed by atoms with Crippen molar-refractivity contribution >= 4 is 23.3 Å². The van der Waals surface area contributed by atoms with E-state index in [0.717, 1.165) is 6.42 Å². The van der Waals surface area contributed by atoms with Gasteiger partial charge in [-0.2, -0.15) is 0 Å². The van der Waals surface area contributed by atoms with E-state index in [2.05, 4.69) is 11.3 Å². The van der Waals surface area contributed by atoms with E-state index in [1.807, 2.05) is 0 Å². The number of benzene rings is 2. The van der Waals surface area contributed by atoms with E-state index >= 15 is 0 Å². The number of hydrogen-bond acceptors (Lipinski definition) is 5. The number of carbonyl (C=O) groups is 2. The number of nitro benzene ring substituents is 1. The molecule has 2 aromatic rings. The topological polar surface area (TPSA) is 89.8 Å². The molecule has 0 spiro atoms. The molecule has 0 aliphatic carbocycles. The monoisotopic (exact) mass is 368 g/mol. The van der Waals surface area contributed by atoms with Gasteiger partial charge in [-0.25, -0.2) is 4.79 Å². The highest BCUT2D eigenvalue weighted by molar-refractivity contribution is 6.06. The molecule has 0 atom stereocenters. The highest BCUT2D eigenvalue weighted by Crippen LogP contribution is 2.21. The van der Waals surface area contributed by atoms with Gasteiger partial charge in [0.1, 0.15) is 0 Å². The lowest BCUT2D eigenvalue weighted by Crippen LogP contribution is -2.32. The van der Waals surface area contributed by atoms with Crippen molar-refractivity contribution in [2.75, 3.05) is 18.6 Å². The Morgan fingerprint density at radius 3 is 2.22 bits per heavy atom. The summed E-state index contributed by atoms with van der Waals surface area (Å²) in [4.78, 5) is 36.4. The molecular weight excluding hydrogens is 348 g/mol. The van der Waals surface area contributed by atoms with E-state index in [0.29, 0.717) is 29.8 Å². The molecule has 27 heavy (non-hydrogen) atoms. The van der Waals surface area contributed by atoms with Crippen molar-refractivity contribution in [2.24, 2.45) is 0 Å². The van der Waals surface area contributed by atoms with Crippen molar-refractivity contribution in [3.8, 4) is 0 Å². The number of carbonyl (C=O) groups excluding carboxylic acids is 2. The largest absolute Gasteiger partial charge is 0.465 e. The van der Waals surface area contributed by atoms with Crippen molar-refractivity contribution < 1.29 is 19.2 Å². The zero-order valence-electron chi connectivity index (χ0n) is 15.0. The maximum absolute atomic E-state index is 12.9. The van der Waals surface area contributed by atoms with Crippen LogP contribution in [0, 0.1) is 10.1 Å². The molecule has 1 amide bonds. The normalized spacial score (nSPS) is 10.1. The van der Waals surface area contributed by atoms with E-state index in [4.69, 9.17) is 0 Å². The second kappa shape index (κ2) is 9.28. The van der Waals surface area contributed by atoms with Crippen LogP contribution in [0.1, 0.15) is 33.6 Å². The summed E-state index contributed by atoms with van der Waals surface area (Å²) >= 11 is 0. The lowest BCUT2D eigenvalue weighted by atomic mass is 10.1. The van der Waals surface area contributed by atoms with Crippen LogP contribution in [0.4, 0.5) is 11.4 Å². The highest BCUT2D eigenvalue weighted by Gasteiger charge is 2.19. The van der Waals surface area contributed by atoms with Gasteiger partial charge in [-0.15, -0.1) is 6.58 Å². The first-order valence-corrected chi connectivity index (χ1v) is 8.33. The molecular formula is C20H20N2O5. The average molecular weight is 368 g/mol. The molecule has 0 bridgehead atoms. The van der Waals surface area contributed by atoms with Gasteiger partial charge in [-0.1, -0.05) is 6.08 Å². The summed E-state index contributed by atoms with van der Waals surface area (Å²) in [5, 5.41) is 10.8. The number of anilines is 1. The number of allylic oxidation sites excluding steroid dienone is 1. The highest BCUT2D eigenvalue weighted by atomic mass is 16.6. The third-order valence-corrected chi connectivity index (χ3v) is 3.96. The first kappa shape index (κ1) is 19.8. The van der Waals surface area contributed by atoms with Crippen molar-refractivity contribution in [2.45, 2.75) is 12.8 Å². The Balaban J connectivity index is 2.29. The molecule has 2 rings (SSSR count). The molecule has 0 saturated heterocycles. The molecule has 0 radical (unpaired) electrons. The number of nitro groups is 1. The first-order valence-electron chi connectivity index (χ1n) is 8.33. The zero-order valence-corrected chi connectivity index (χ0v) is 15.0. The first-order chi connectivity index (χ1) is 13.0. The molecule has 0 heterocycles. The van der Waals surface area contributed by atoms with E-state index < -0.39 is 10.9 Å². The molecule has 7 heteroatoms. The Morgan fingerprint density at radius 1 is 1.11 bits per heavy atom. The second-order valence-corrected chi connectivity index (χ2v) is 5.73. The van der Waals surface area contributed by atoms with Crippen LogP contribution >= 0.6 is 0 Å². The zero-order chi connectivity index (χ0) is 19.8. The van der Waals surface area contributed by atoms with Gasteiger partial charge in [0.25, 0.3) is 11.6 Å². The molecule has 0 aromatic heterocycles. The molecule has 7 nitrogen and oxygen atoms in total. The molecule has 2 aromatic carbocycles. The van der Waals surface area contributed by atoms with E-state index in [-0.39, 0.29) is 11.6 Å². The molecule has 0 aliphatic rings. The number of non-ortho nitro benzene ring substituents is 1. The average Bonchev–Trinajstić information content (AvgIpc) is 2.70. The molecule has 0 aliphatic heterocycles. The second-order valence-electron chi connectivity index (χ2n) is 5.73. The van der Waals surface area contributed by atoms with Gasteiger partial charge in [0, 0.05) is 29.9 Å².